The molecule has 2 amide bonds. The van der Waals surface area contributed by atoms with Crippen LogP contribution in [0.3, 0.4) is 0 Å². The number of aromatic nitrogens is 1. The second-order valence-electron chi connectivity index (χ2n) is 8.14. The van der Waals surface area contributed by atoms with Crippen molar-refractivity contribution in [2.24, 2.45) is 0 Å². The SMILES string of the molecule is CO[C@H]1CN(C2CCN(C(=O)Nc3ccc(C)c(C)c3)CC2)[C@H]1c1ccncc1. The Labute approximate surface area is 172 Å². The molecule has 0 bridgehead atoms. The van der Waals surface area contributed by atoms with E-state index in [-0.39, 0.29) is 18.2 Å². The molecule has 2 aromatic rings. The maximum atomic E-state index is 12.7. The first-order chi connectivity index (χ1) is 14.1. The number of nitrogens with zero attached hydrogens (tertiary/aromatic N) is 3. The van der Waals surface area contributed by atoms with E-state index < -0.39 is 0 Å². The topological polar surface area (TPSA) is 57.7 Å². The zero-order chi connectivity index (χ0) is 20.4. The highest BCUT2D eigenvalue weighted by Gasteiger charge is 2.44. The molecule has 0 spiro atoms. The van der Waals surface area contributed by atoms with E-state index in [4.69, 9.17) is 4.74 Å². The Bertz CT molecular complexity index is 849. The number of anilines is 1. The Kier molecular flexibility index (Phi) is 5.83. The van der Waals surface area contributed by atoms with Gasteiger partial charge in [-0.2, -0.15) is 0 Å². The summed E-state index contributed by atoms with van der Waals surface area (Å²) in [6.45, 7) is 6.64. The van der Waals surface area contributed by atoms with Crippen LogP contribution in [0.1, 0.15) is 35.6 Å². The number of hydrogen-bond acceptors (Lipinski definition) is 4. The van der Waals surface area contributed by atoms with Crippen molar-refractivity contribution in [2.45, 2.75) is 44.9 Å². The summed E-state index contributed by atoms with van der Waals surface area (Å²) >= 11 is 0. The number of urea groups is 1. The van der Waals surface area contributed by atoms with Crippen LogP contribution >= 0.6 is 0 Å². The van der Waals surface area contributed by atoms with Crippen LogP contribution in [0.5, 0.6) is 0 Å². The first-order valence-electron chi connectivity index (χ1n) is 10.4. The summed E-state index contributed by atoms with van der Waals surface area (Å²) in [5.74, 6) is 0. The van der Waals surface area contributed by atoms with Crippen molar-refractivity contribution in [3.63, 3.8) is 0 Å². The van der Waals surface area contributed by atoms with E-state index in [2.05, 4.69) is 41.2 Å². The molecule has 6 nitrogen and oxygen atoms in total. The summed E-state index contributed by atoms with van der Waals surface area (Å²) in [4.78, 5) is 21.3. The van der Waals surface area contributed by atoms with Crippen molar-refractivity contribution in [1.82, 2.24) is 14.8 Å². The highest BCUT2D eigenvalue weighted by molar-refractivity contribution is 5.89. The van der Waals surface area contributed by atoms with Crippen LogP contribution in [0.15, 0.2) is 42.7 Å². The summed E-state index contributed by atoms with van der Waals surface area (Å²) in [6, 6.07) is 11.0. The number of rotatable bonds is 4. The minimum absolute atomic E-state index is 0.00392. The van der Waals surface area contributed by atoms with Gasteiger partial charge in [0.25, 0.3) is 0 Å². The Hall–Kier alpha value is -2.44. The van der Waals surface area contributed by atoms with Crippen LogP contribution in [0.4, 0.5) is 10.5 Å². The quantitative estimate of drug-likeness (QED) is 0.858. The lowest BCUT2D eigenvalue weighted by molar-refractivity contribution is -0.115. The maximum absolute atomic E-state index is 12.7. The van der Waals surface area contributed by atoms with Gasteiger partial charge in [0.15, 0.2) is 0 Å². The molecule has 2 saturated heterocycles. The van der Waals surface area contributed by atoms with Gasteiger partial charge in [0.2, 0.25) is 0 Å². The minimum Gasteiger partial charge on any atom is -0.378 e. The molecule has 154 valence electrons. The van der Waals surface area contributed by atoms with Crippen molar-refractivity contribution in [1.29, 1.82) is 0 Å². The monoisotopic (exact) mass is 394 g/mol. The maximum Gasteiger partial charge on any atom is 0.321 e. The molecule has 1 N–H and O–H groups in total. The van der Waals surface area contributed by atoms with Gasteiger partial charge >= 0.3 is 6.03 Å². The highest BCUT2D eigenvalue weighted by Crippen LogP contribution is 2.39. The van der Waals surface area contributed by atoms with E-state index in [0.717, 1.165) is 38.2 Å². The first kappa shape index (κ1) is 19.9. The lowest BCUT2D eigenvalue weighted by Crippen LogP contribution is -2.60. The van der Waals surface area contributed by atoms with Gasteiger partial charge < -0.3 is 15.0 Å². The van der Waals surface area contributed by atoms with Crippen molar-refractivity contribution in [3.05, 3.63) is 59.4 Å². The zero-order valence-corrected chi connectivity index (χ0v) is 17.5. The van der Waals surface area contributed by atoms with Crippen LogP contribution in [0.2, 0.25) is 0 Å². The van der Waals surface area contributed by atoms with Gasteiger partial charge in [-0.3, -0.25) is 9.88 Å². The van der Waals surface area contributed by atoms with Gasteiger partial charge in [0.1, 0.15) is 0 Å². The normalized spacial score (nSPS) is 22.9. The van der Waals surface area contributed by atoms with Gasteiger partial charge in [0.05, 0.1) is 12.1 Å². The van der Waals surface area contributed by atoms with Gasteiger partial charge in [0, 0.05) is 50.9 Å². The van der Waals surface area contributed by atoms with Crippen LogP contribution in [-0.2, 0) is 4.74 Å². The number of aryl methyl sites for hydroxylation is 2. The molecule has 2 fully saturated rings. The third-order valence-electron chi connectivity index (χ3n) is 6.43. The number of ether oxygens (including phenoxy) is 1. The predicted molar refractivity (Wildman–Crippen MR) is 114 cm³/mol. The van der Waals surface area contributed by atoms with E-state index in [1.54, 1.807) is 7.11 Å². The molecule has 6 heteroatoms. The first-order valence-corrected chi connectivity index (χ1v) is 10.4. The molecule has 29 heavy (non-hydrogen) atoms. The molecule has 2 atom stereocenters. The number of pyridine rings is 1. The third-order valence-corrected chi connectivity index (χ3v) is 6.43. The number of likely N-dealkylation sites (tertiary alicyclic amines) is 2. The highest BCUT2D eigenvalue weighted by atomic mass is 16.5. The van der Waals surface area contributed by atoms with Crippen LogP contribution in [0, 0.1) is 13.8 Å². The van der Waals surface area contributed by atoms with Crippen molar-refractivity contribution in [2.75, 3.05) is 32.1 Å². The summed E-state index contributed by atoms with van der Waals surface area (Å²) in [5.41, 5.74) is 4.54. The molecule has 0 saturated carbocycles. The van der Waals surface area contributed by atoms with Gasteiger partial charge in [-0.25, -0.2) is 4.79 Å². The number of carbonyl (C=O) groups excluding carboxylic acids is 1. The summed E-state index contributed by atoms with van der Waals surface area (Å²) in [5, 5.41) is 3.05. The largest absolute Gasteiger partial charge is 0.378 e. The molecular weight excluding hydrogens is 364 g/mol. The molecule has 2 aliphatic rings. The number of amides is 2. The molecule has 1 aromatic heterocycles. The Morgan fingerprint density at radius 2 is 1.83 bits per heavy atom. The predicted octanol–water partition coefficient (Wildman–Crippen LogP) is 3.77. The van der Waals surface area contributed by atoms with Gasteiger partial charge in [-0.1, -0.05) is 6.07 Å². The number of carbonyl (C=O) groups is 1. The third kappa shape index (κ3) is 4.14. The van der Waals surface area contributed by atoms with Gasteiger partial charge in [-0.05, 0) is 67.6 Å². The molecule has 0 unspecified atom stereocenters. The summed E-state index contributed by atoms with van der Waals surface area (Å²) < 4.78 is 5.68. The number of piperidine rings is 1. The second kappa shape index (κ2) is 8.51. The standard InChI is InChI=1S/C23H30N4O2/c1-16-4-5-19(14-17(16)2)25-23(28)26-12-8-20(9-13-26)27-15-21(29-3)22(27)18-6-10-24-11-7-18/h4-7,10-11,14,20-22H,8-9,12-13,15H2,1-3H3,(H,25,28)/t21-,22-/m0/s1. The zero-order valence-electron chi connectivity index (χ0n) is 17.5. The Morgan fingerprint density at radius 1 is 1.10 bits per heavy atom. The smallest absolute Gasteiger partial charge is 0.321 e. The number of hydrogen-bond donors (Lipinski definition) is 1. The van der Waals surface area contributed by atoms with Crippen LogP contribution in [0.25, 0.3) is 0 Å². The van der Waals surface area contributed by atoms with E-state index in [1.165, 1.54) is 16.7 Å². The number of methoxy groups -OCH3 is 1. The Balaban J connectivity index is 1.34. The fourth-order valence-electron chi connectivity index (χ4n) is 4.47. The van der Waals surface area contributed by atoms with E-state index >= 15 is 0 Å². The average Bonchev–Trinajstić information content (AvgIpc) is 2.71. The van der Waals surface area contributed by atoms with Crippen LogP contribution < -0.4 is 5.32 Å². The van der Waals surface area contributed by atoms with E-state index in [9.17, 15) is 4.79 Å². The van der Waals surface area contributed by atoms with Gasteiger partial charge in [-0.15, -0.1) is 0 Å². The van der Waals surface area contributed by atoms with Crippen LogP contribution in [-0.4, -0.2) is 59.7 Å². The van der Waals surface area contributed by atoms with E-state index in [1.807, 2.05) is 35.5 Å². The molecular formula is C23H30N4O2. The molecule has 4 rings (SSSR count). The fourth-order valence-corrected chi connectivity index (χ4v) is 4.47. The van der Waals surface area contributed by atoms with Crippen molar-refractivity contribution >= 4 is 11.7 Å². The molecule has 2 aliphatic heterocycles. The van der Waals surface area contributed by atoms with E-state index in [0.29, 0.717) is 6.04 Å². The van der Waals surface area contributed by atoms with Crippen molar-refractivity contribution in [3.8, 4) is 0 Å². The molecule has 1 aromatic carbocycles. The molecule has 0 radical (unpaired) electrons. The van der Waals surface area contributed by atoms with Crippen molar-refractivity contribution < 1.29 is 9.53 Å². The minimum atomic E-state index is -0.00392. The second-order valence-corrected chi connectivity index (χ2v) is 8.14. The molecule has 3 heterocycles. The lowest BCUT2D eigenvalue weighted by Gasteiger charge is -2.53. The summed E-state index contributed by atoms with van der Waals surface area (Å²) in [7, 11) is 1.79. The lowest BCUT2D eigenvalue weighted by atomic mass is 9.87. The molecule has 0 aliphatic carbocycles. The number of benzene rings is 1. The average molecular weight is 395 g/mol. The Morgan fingerprint density at radius 3 is 2.48 bits per heavy atom. The summed E-state index contributed by atoms with van der Waals surface area (Å²) in [6.07, 6.45) is 5.89. The number of nitrogens with one attached hydrogen (secondary N) is 1. The fraction of sp³-hybridized carbons (Fsp3) is 0.478.